The first-order chi connectivity index (χ1) is 21.1. The molecule has 1 aliphatic rings. The van der Waals surface area contributed by atoms with Crippen molar-refractivity contribution < 1.29 is 53.4 Å². The highest BCUT2D eigenvalue weighted by molar-refractivity contribution is 6.32. The van der Waals surface area contributed by atoms with Crippen LogP contribution in [0.1, 0.15) is 37.3 Å². The van der Waals surface area contributed by atoms with Gasteiger partial charge in [0.2, 0.25) is 0 Å². The van der Waals surface area contributed by atoms with Gasteiger partial charge in [0, 0.05) is 17.2 Å². The van der Waals surface area contributed by atoms with E-state index in [0.29, 0.717) is 36.3 Å². The maximum atomic E-state index is 14.9. The Morgan fingerprint density at radius 2 is 1.60 bits per heavy atom. The summed E-state index contributed by atoms with van der Waals surface area (Å²) in [7, 11) is 0. The molecule has 2 unspecified atom stereocenters. The topological polar surface area (TPSA) is 18.5 Å². The molecule has 3 aromatic rings. The zero-order valence-corrected chi connectivity index (χ0v) is 23.8. The van der Waals surface area contributed by atoms with Crippen molar-refractivity contribution in [2.75, 3.05) is 0 Å². The van der Waals surface area contributed by atoms with Crippen LogP contribution >= 0.6 is 11.6 Å². The van der Waals surface area contributed by atoms with Crippen LogP contribution in [0.2, 0.25) is 5.02 Å². The normalized spacial score (nSPS) is 16.8. The van der Waals surface area contributed by atoms with E-state index in [1.165, 1.54) is 12.2 Å². The zero-order valence-electron chi connectivity index (χ0n) is 23.0. The molecule has 2 nitrogen and oxygen atoms in total. The molecule has 0 amide bonds. The van der Waals surface area contributed by atoms with Crippen molar-refractivity contribution in [2.45, 2.75) is 44.8 Å². The summed E-state index contributed by atoms with van der Waals surface area (Å²) in [5.41, 5.74) is -1.70. The van der Waals surface area contributed by atoms with Gasteiger partial charge < -0.3 is 9.47 Å². The predicted molar refractivity (Wildman–Crippen MR) is 146 cm³/mol. The molecule has 0 aliphatic heterocycles. The van der Waals surface area contributed by atoms with E-state index >= 15 is 0 Å². The lowest BCUT2D eigenvalue weighted by atomic mass is 9.91. The van der Waals surface area contributed by atoms with Gasteiger partial charge in [-0.25, -0.2) is 22.0 Å². The summed E-state index contributed by atoms with van der Waals surface area (Å²) in [4.78, 5) is 0. The van der Waals surface area contributed by atoms with Crippen molar-refractivity contribution in [2.24, 2.45) is 5.92 Å². The molecule has 238 valence electrons. The molecule has 0 saturated heterocycles. The molecule has 2 atom stereocenters. The van der Waals surface area contributed by atoms with Gasteiger partial charge in [-0.2, -0.15) is 8.78 Å². The molecule has 3 aromatic carbocycles. The lowest BCUT2D eigenvalue weighted by Gasteiger charge is -2.19. The monoisotopic (exact) mass is 662 g/mol. The maximum absolute atomic E-state index is 14.9. The van der Waals surface area contributed by atoms with E-state index in [-0.39, 0.29) is 11.1 Å². The van der Waals surface area contributed by atoms with E-state index in [1.807, 2.05) is 6.92 Å². The average Bonchev–Trinajstić information content (AvgIpc) is 2.92. The van der Waals surface area contributed by atoms with Crippen molar-refractivity contribution in [3.63, 3.8) is 0 Å². The van der Waals surface area contributed by atoms with Crippen LogP contribution in [0.5, 0.6) is 11.5 Å². The molecule has 13 heteroatoms. The maximum Gasteiger partial charge on any atom is 0.573 e. The van der Waals surface area contributed by atoms with Gasteiger partial charge in [0.25, 0.3) is 0 Å². The average molecular weight is 663 g/mol. The van der Waals surface area contributed by atoms with Crippen LogP contribution < -0.4 is 9.47 Å². The second-order valence-corrected chi connectivity index (χ2v) is 10.2. The van der Waals surface area contributed by atoms with Crippen LogP contribution in [0, 0.1) is 35.2 Å². The fraction of sp³-hybridized carbons (Fsp3) is 0.250. The Balaban J connectivity index is 1.50. The second kappa shape index (κ2) is 13.5. The third kappa shape index (κ3) is 8.34. The fourth-order valence-corrected chi connectivity index (χ4v) is 4.61. The minimum absolute atomic E-state index is 0.152. The number of hydrogen-bond acceptors (Lipinski definition) is 2. The van der Waals surface area contributed by atoms with Gasteiger partial charge in [0.1, 0.15) is 40.9 Å². The molecular formula is C32H21ClF10O2. The molecule has 45 heavy (non-hydrogen) atoms. The van der Waals surface area contributed by atoms with Gasteiger partial charge in [-0.15, -0.1) is 13.2 Å². The number of unbranched alkanes of at least 4 members (excludes halogenated alkanes) is 1. The van der Waals surface area contributed by atoms with Crippen LogP contribution in [0.3, 0.4) is 0 Å². The predicted octanol–water partition coefficient (Wildman–Crippen LogP) is 10.7. The molecule has 0 bridgehead atoms. The largest absolute Gasteiger partial charge is 0.573 e. The van der Waals surface area contributed by atoms with E-state index < -0.39 is 75.5 Å². The SMILES string of the molecule is CCCCC1=CC(F)C(C#Cc2ccc(C(F)(F)Oc3ccc(-c4cc(F)c(OC(F)(F)F)c(Cl)c4)c(F)c3)c(F)c2)C(F)=C1. The smallest absolute Gasteiger partial charge is 0.429 e. The number of rotatable bonds is 8. The Labute approximate surface area is 255 Å². The summed E-state index contributed by atoms with van der Waals surface area (Å²) in [5.74, 6) is -3.94. The Hall–Kier alpha value is -4.11. The highest BCUT2D eigenvalue weighted by atomic mass is 35.5. The zero-order chi connectivity index (χ0) is 33.1. The summed E-state index contributed by atoms with van der Waals surface area (Å²) < 4.78 is 148. The molecular weight excluding hydrogens is 642 g/mol. The Kier molecular flexibility index (Phi) is 10.1. The van der Waals surface area contributed by atoms with Gasteiger partial charge >= 0.3 is 12.5 Å². The third-order valence-corrected chi connectivity index (χ3v) is 6.78. The van der Waals surface area contributed by atoms with E-state index in [2.05, 4.69) is 21.3 Å². The highest BCUT2D eigenvalue weighted by Crippen LogP contribution is 2.39. The lowest BCUT2D eigenvalue weighted by Crippen LogP contribution is -2.23. The lowest BCUT2D eigenvalue weighted by molar-refractivity contribution is -0.275. The Bertz CT molecular complexity index is 1680. The quantitative estimate of drug-likeness (QED) is 0.177. The van der Waals surface area contributed by atoms with Crippen LogP contribution in [0.25, 0.3) is 11.1 Å². The summed E-state index contributed by atoms with van der Waals surface area (Å²) in [6.45, 7) is 1.93. The molecule has 0 saturated carbocycles. The van der Waals surface area contributed by atoms with Crippen LogP contribution in [0.4, 0.5) is 43.9 Å². The second-order valence-electron chi connectivity index (χ2n) is 9.84. The van der Waals surface area contributed by atoms with Crippen molar-refractivity contribution in [1.29, 1.82) is 0 Å². The van der Waals surface area contributed by atoms with Gasteiger partial charge in [0.05, 0.1) is 5.02 Å². The fourth-order valence-electron chi connectivity index (χ4n) is 4.37. The molecule has 0 radical (unpaired) electrons. The number of allylic oxidation sites excluding steroid dienone is 4. The minimum Gasteiger partial charge on any atom is -0.429 e. The van der Waals surface area contributed by atoms with Gasteiger partial charge in [-0.3, -0.25) is 0 Å². The number of alkyl halides is 6. The first-order valence-electron chi connectivity index (χ1n) is 13.2. The Morgan fingerprint density at radius 1 is 0.867 bits per heavy atom. The number of benzene rings is 3. The molecule has 1 aliphatic carbocycles. The van der Waals surface area contributed by atoms with E-state index in [1.54, 1.807) is 0 Å². The van der Waals surface area contributed by atoms with Crippen LogP contribution in [0.15, 0.2) is 72.1 Å². The molecule has 0 aromatic heterocycles. The summed E-state index contributed by atoms with van der Waals surface area (Å²) >= 11 is 5.65. The summed E-state index contributed by atoms with van der Waals surface area (Å²) in [5, 5.41) is -0.838. The number of halogens is 11. The van der Waals surface area contributed by atoms with Gasteiger partial charge in [-0.05, 0) is 78.6 Å². The molecule has 0 N–H and O–H groups in total. The van der Waals surface area contributed by atoms with E-state index in [9.17, 15) is 43.9 Å². The summed E-state index contributed by atoms with van der Waals surface area (Å²) in [6.07, 6.45) is -6.82. The van der Waals surface area contributed by atoms with Gasteiger partial charge in [0.15, 0.2) is 11.6 Å². The Morgan fingerprint density at radius 3 is 2.20 bits per heavy atom. The van der Waals surface area contributed by atoms with Crippen LogP contribution in [-0.2, 0) is 6.11 Å². The van der Waals surface area contributed by atoms with Gasteiger partial charge in [-0.1, -0.05) is 36.8 Å². The first-order valence-corrected chi connectivity index (χ1v) is 13.6. The highest BCUT2D eigenvalue weighted by Gasteiger charge is 2.38. The van der Waals surface area contributed by atoms with Crippen molar-refractivity contribution in [3.8, 4) is 34.5 Å². The van der Waals surface area contributed by atoms with Crippen molar-refractivity contribution in [3.05, 3.63) is 106 Å². The van der Waals surface area contributed by atoms with Crippen molar-refractivity contribution >= 4 is 11.6 Å². The standard InChI is InChI=1S/C32H21ClF10O2/c1-2-3-4-18-12-25(34)22(26(35)13-18)8-5-17-6-10-23(28(37)11-17)31(39,40)44-20-7-9-21(27(36)16-20)19-14-24(33)30(29(38)15-19)45-32(41,42)43/h6-7,9-16,22,25H,2-4H2,1H3. The number of hydrogen-bond donors (Lipinski definition) is 0. The third-order valence-electron chi connectivity index (χ3n) is 6.50. The number of ether oxygens (including phenoxy) is 2. The molecule has 0 heterocycles. The molecule has 4 rings (SSSR count). The van der Waals surface area contributed by atoms with E-state index in [4.69, 9.17) is 11.6 Å². The van der Waals surface area contributed by atoms with Crippen LogP contribution in [-0.4, -0.2) is 12.5 Å². The first kappa shape index (κ1) is 33.8. The molecule has 0 spiro atoms. The minimum atomic E-state index is -5.25. The summed E-state index contributed by atoms with van der Waals surface area (Å²) in [6, 6.07) is 5.67. The molecule has 0 fully saturated rings. The van der Waals surface area contributed by atoms with E-state index in [0.717, 1.165) is 37.1 Å². The van der Waals surface area contributed by atoms with Crippen molar-refractivity contribution in [1.82, 2.24) is 0 Å².